The van der Waals surface area contributed by atoms with Crippen molar-refractivity contribution in [1.29, 1.82) is 5.26 Å². The van der Waals surface area contributed by atoms with Crippen LogP contribution in [0, 0.1) is 18.3 Å². The van der Waals surface area contributed by atoms with Crippen LogP contribution in [-0.4, -0.2) is 5.91 Å². The number of benzene rings is 3. The highest BCUT2D eigenvalue weighted by atomic mass is 79.9. The highest BCUT2D eigenvalue weighted by Crippen LogP contribution is 2.36. The zero-order chi connectivity index (χ0) is 22.4. The van der Waals surface area contributed by atoms with E-state index in [0.717, 1.165) is 5.56 Å². The van der Waals surface area contributed by atoms with Gasteiger partial charge in [-0.2, -0.15) is 5.26 Å². The van der Waals surface area contributed by atoms with Gasteiger partial charge in [-0.3, -0.25) is 4.79 Å². The summed E-state index contributed by atoms with van der Waals surface area (Å²) in [6, 6.07) is 20.3. The molecule has 3 rings (SSSR count). The Bertz CT molecular complexity index is 1160. The molecule has 0 aromatic heterocycles. The molecule has 0 unspecified atom stereocenters. The van der Waals surface area contributed by atoms with Crippen molar-refractivity contribution in [2.75, 3.05) is 5.32 Å². The minimum absolute atomic E-state index is 0.0258. The zero-order valence-electron chi connectivity index (χ0n) is 16.5. The fraction of sp³-hybridized carbons (Fsp3) is 0.0833. The molecule has 4 nitrogen and oxygen atoms in total. The first-order chi connectivity index (χ1) is 14.9. The number of aryl methyl sites for hydroxylation is 1. The maximum atomic E-state index is 12.5. The second-order valence-electron chi connectivity index (χ2n) is 6.72. The third-order valence-corrected chi connectivity index (χ3v) is 5.69. The van der Waals surface area contributed by atoms with Gasteiger partial charge in [0.2, 0.25) is 0 Å². The van der Waals surface area contributed by atoms with Gasteiger partial charge in [-0.15, -0.1) is 0 Å². The Kier molecular flexibility index (Phi) is 7.91. The minimum atomic E-state index is -0.503. The Morgan fingerprint density at radius 2 is 1.81 bits per heavy atom. The molecule has 1 N–H and O–H groups in total. The van der Waals surface area contributed by atoms with Crippen molar-refractivity contribution in [3.63, 3.8) is 0 Å². The molecule has 0 fully saturated rings. The molecule has 7 heteroatoms. The number of anilines is 1. The summed E-state index contributed by atoms with van der Waals surface area (Å²) in [5.74, 6) is 0.139. The smallest absolute Gasteiger partial charge is 0.266 e. The van der Waals surface area contributed by atoms with Crippen LogP contribution < -0.4 is 10.1 Å². The van der Waals surface area contributed by atoms with Crippen LogP contribution in [-0.2, 0) is 11.4 Å². The van der Waals surface area contributed by atoms with Gasteiger partial charge in [0.1, 0.15) is 24.0 Å². The summed E-state index contributed by atoms with van der Waals surface area (Å²) in [4.78, 5) is 12.5. The van der Waals surface area contributed by atoms with Crippen LogP contribution in [0.25, 0.3) is 6.08 Å². The molecule has 1 amide bonds. The SMILES string of the molecule is Cc1cccc(COc2c(Br)cc(/C=C(/C#N)C(=O)Nc3ccc(Cl)cc3)cc2Br)c1. The molecular formula is C24H17Br2ClN2O2. The van der Waals surface area contributed by atoms with E-state index in [1.54, 1.807) is 36.4 Å². The summed E-state index contributed by atoms with van der Waals surface area (Å²) in [5.41, 5.74) is 3.43. The molecule has 0 radical (unpaired) electrons. The quantitative estimate of drug-likeness (QED) is 0.254. The Balaban J connectivity index is 1.76. The van der Waals surface area contributed by atoms with Crippen LogP contribution in [0.15, 0.2) is 75.2 Å². The first-order valence-electron chi connectivity index (χ1n) is 9.22. The Morgan fingerprint density at radius 3 is 2.42 bits per heavy atom. The molecule has 0 aliphatic heterocycles. The molecular weight excluding hydrogens is 544 g/mol. The molecule has 3 aromatic rings. The maximum absolute atomic E-state index is 12.5. The van der Waals surface area contributed by atoms with Crippen molar-refractivity contribution >= 4 is 61.1 Å². The molecule has 0 atom stereocenters. The Hall–Kier alpha value is -2.59. The summed E-state index contributed by atoms with van der Waals surface area (Å²) < 4.78 is 7.37. The highest BCUT2D eigenvalue weighted by molar-refractivity contribution is 9.11. The van der Waals surface area contributed by atoms with Gasteiger partial charge in [0, 0.05) is 10.7 Å². The van der Waals surface area contributed by atoms with Gasteiger partial charge in [-0.1, -0.05) is 41.4 Å². The van der Waals surface area contributed by atoms with E-state index in [4.69, 9.17) is 16.3 Å². The molecule has 3 aromatic carbocycles. The second kappa shape index (κ2) is 10.6. The lowest BCUT2D eigenvalue weighted by Crippen LogP contribution is -2.13. The van der Waals surface area contributed by atoms with E-state index < -0.39 is 5.91 Å². The average molecular weight is 561 g/mol. The van der Waals surface area contributed by atoms with Crippen molar-refractivity contribution in [2.24, 2.45) is 0 Å². The summed E-state index contributed by atoms with van der Waals surface area (Å²) in [7, 11) is 0. The van der Waals surface area contributed by atoms with Crippen LogP contribution >= 0.6 is 43.5 Å². The van der Waals surface area contributed by atoms with Crippen LogP contribution in [0.5, 0.6) is 5.75 Å². The standard InChI is InChI=1S/C24H17Br2ClN2O2/c1-15-3-2-4-16(9-15)14-31-23-21(25)11-17(12-22(23)26)10-18(13-28)24(30)29-20-7-5-19(27)6-8-20/h2-12H,14H2,1H3,(H,29,30)/b18-10-. The largest absolute Gasteiger partial charge is 0.487 e. The number of carbonyl (C=O) groups excluding carboxylic acids is 1. The van der Waals surface area contributed by atoms with E-state index in [9.17, 15) is 10.1 Å². The molecule has 0 bridgehead atoms. The molecule has 0 saturated carbocycles. The van der Waals surface area contributed by atoms with E-state index in [2.05, 4.69) is 43.2 Å². The van der Waals surface area contributed by atoms with Gasteiger partial charge in [-0.05, 0) is 92.4 Å². The molecule has 0 aliphatic rings. The summed E-state index contributed by atoms with van der Waals surface area (Å²) in [5, 5.41) is 12.7. The van der Waals surface area contributed by atoms with Gasteiger partial charge in [-0.25, -0.2) is 0 Å². The van der Waals surface area contributed by atoms with Gasteiger partial charge in [0.05, 0.1) is 8.95 Å². The first-order valence-corrected chi connectivity index (χ1v) is 11.2. The van der Waals surface area contributed by atoms with Crippen molar-refractivity contribution < 1.29 is 9.53 Å². The highest BCUT2D eigenvalue weighted by Gasteiger charge is 2.13. The molecule has 0 aliphatic carbocycles. The number of rotatable bonds is 6. The predicted molar refractivity (Wildman–Crippen MR) is 131 cm³/mol. The number of carbonyl (C=O) groups is 1. The third-order valence-electron chi connectivity index (χ3n) is 4.26. The molecule has 0 heterocycles. The number of nitriles is 1. The number of hydrogen-bond donors (Lipinski definition) is 1. The van der Waals surface area contributed by atoms with Crippen LogP contribution in [0.4, 0.5) is 5.69 Å². The maximum Gasteiger partial charge on any atom is 0.266 e. The summed E-state index contributed by atoms with van der Waals surface area (Å²) in [6.07, 6.45) is 1.52. The number of amides is 1. The van der Waals surface area contributed by atoms with Crippen molar-refractivity contribution in [3.8, 4) is 11.8 Å². The molecule has 0 saturated heterocycles. The van der Waals surface area contributed by atoms with Gasteiger partial charge in [0.25, 0.3) is 5.91 Å². The minimum Gasteiger partial charge on any atom is -0.487 e. The van der Waals surface area contributed by atoms with Gasteiger partial charge in [0.15, 0.2) is 0 Å². The zero-order valence-corrected chi connectivity index (χ0v) is 20.4. The van der Waals surface area contributed by atoms with E-state index in [0.29, 0.717) is 37.6 Å². The predicted octanol–water partition coefficient (Wildman–Crippen LogP) is 7.30. The number of hydrogen-bond acceptors (Lipinski definition) is 3. The summed E-state index contributed by atoms with van der Waals surface area (Å²) >= 11 is 12.9. The summed E-state index contributed by atoms with van der Waals surface area (Å²) in [6.45, 7) is 2.45. The topological polar surface area (TPSA) is 62.1 Å². The number of ether oxygens (including phenoxy) is 1. The normalized spacial score (nSPS) is 11.0. The molecule has 31 heavy (non-hydrogen) atoms. The Morgan fingerprint density at radius 1 is 1.13 bits per heavy atom. The van der Waals surface area contributed by atoms with Crippen LogP contribution in [0.1, 0.15) is 16.7 Å². The lowest BCUT2D eigenvalue weighted by Gasteiger charge is -2.12. The number of halogens is 3. The van der Waals surface area contributed by atoms with E-state index in [-0.39, 0.29) is 5.57 Å². The second-order valence-corrected chi connectivity index (χ2v) is 8.87. The van der Waals surface area contributed by atoms with Crippen molar-refractivity contribution in [3.05, 3.63) is 96.9 Å². The van der Waals surface area contributed by atoms with E-state index in [1.165, 1.54) is 11.6 Å². The first kappa shape index (κ1) is 23.1. The van der Waals surface area contributed by atoms with Crippen LogP contribution in [0.3, 0.4) is 0 Å². The molecule has 0 spiro atoms. The van der Waals surface area contributed by atoms with Crippen molar-refractivity contribution in [2.45, 2.75) is 13.5 Å². The molecule has 156 valence electrons. The van der Waals surface area contributed by atoms with Crippen LogP contribution in [0.2, 0.25) is 5.02 Å². The fourth-order valence-corrected chi connectivity index (χ4v) is 4.38. The number of nitrogens with zero attached hydrogens (tertiary/aromatic N) is 1. The third kappa shape index (κ3) is 6.44. The Labute approximate surface area is 202 Å². The lowest BCUT2D eigenvalue weighted by molar-refractivity contribution is -0.112. The van der Waals surface area contributed by atoms with Crippen molar-refractivity contribution in [1.82, 2.24) is 0 Å². The van der Waals surface area contributed by atoms with E-state index >= 15 is 0 Å². The van der Waals surface area contributed by atoms with E-state index in [1.807, 2.05) is 31.2 Å². The van der Waals surface area contributed by atoms with Gasteiger partial charge >= 0.3 is 0 Å². The van der Waals surface area contributed by atoms with Gasteiger partial charge < -0.3 is 10.1 Å². The monoisotopic (exact) mass is 558 g/mol. The fourth-order valence-electron chi connectivity index (χ4n) is 2.81. The average Bonchev–Trinajstić information content (AvgIpc) is 2.73. The lowest BCUT2D eigenvalue weighted by atomic mass is 10.1. The number of nitrogens with one attached hydrogen (secondary N) is 1.